The van der Waals surface area contributed by atoms with Gasteiger partial charge in [0, 0.05) is 19.3 Å². The van der Waals surface area contributed by atoms with Crippen LogP contribution in [0.1, 0.15) is 6.42 Å². The number of thioether (sulfide) groups is 1. The Hall–Kier alpha value is -1.69. The quantitative estimate of drug-likeness (QED) is 0.804. The Kier molecular flexibility index (Phi) is 2.66. The number of hydrogen-bond donors (Lipinski definition) is 2. The molecule has 0 bridgehead atoms. The molecule has 5 nitrogen and oxygen atoms in total. The Labute approximate surface area is 109 Å². The van der Waals surface area contributed by atoms with Crippen LogP contribution < -0.4 is 5.73 Å². The van der Waals surface area contributed by atoms with E-state index in [0.717, 1.165) is 29.2 Å². The fourth-order valence-electron chi connectivity index (χ4n) is 2.09. The normalized spacial score (nSPS) is 19.9. The maximum atomic E-state index is 11.8. The first-order valence-corrected chi connectivity index (χ1v) is 6.68. The summed E-state index contributed by atoms with van der Waals surface area (Å²) in [6.07, 6.45) is 0.874. The van der Waals surface area contributed by atoms with Crippen LogP contribution in [0.5, 0.6) is 0 Å². The highest BCUT2D eigenvalue weighted by Gasteiger charge is 2.30. The largest absolute Gasteiger partial charge is 0.399 e. The number of nitrogens with zero attached hydrogens (tertiary/aromatic N) is 2. The third-order valence-electron chi connectivity index (χ3n) is 3.12. The SMILES string of the molecule is CN1CCC(Sc2nc3ccc(N)cc3[nH]2)C1=O. The van der Waals surface area contributed by atoms with E-state index in [2.05, 4.69) is 9.97 Å². The minimum absolute atomic E-state index is 0.0205. The molecule has 1 saturated heterocycles. The van der Waals surface area contributed by atoms with Gasteiger partial charge in [-0.1, -0.05) is 11.8 Å². The number of likely N-dealkylation sites (tertiary alicyclic amines) is 1. The zero-order valence-electron chi connectivity index (χ0n) is 10.0. The molecular weight excluding hydrogens is 248 g/mol. The molecule has 3 rings (SSSR count). The molecule has 0 spiro atoms. The molecule has 1 aliphatic heterocycles. The number of H-pyrrole nitrogens is 1. The minimum Gasteiger partial charge on any atom is -0.399 e. The second-order valence-corrected chi connectivity index (χ2v) is 5.66. The number of amides is 1. The number of nitrogens with two attached hydrogens (primary N) is 1. The lowest BCUT2D eigenvalue weighted by Gasteiger charge is -2.07. The summed E-state index contributed by atoms with van der Waals surface area (Å²) in [5, 5.41) is 0.761. The molecule has 1 atom stereocenters. The second-order valence-electron chi connectivity index (χ2n) is 4.47. The summed E-state index contributed by atoms with van der Waals surface area (Å²) in [5.74, 6) is 0.181. The summed E-state index contributed by atoms with van der Waals surface area (Å²) in [4.78, 5) is 21.2. The summed E-state index contributed by atoms with van der Waals surface area (Å²) in [5.41, 5.74) is 8.22. The van der Waals surface area contributed by atoms with E-state index >= 15 is 0 Å². The van der Waals surface area contributed by atoms with Gasteiger partial charge in [0.1, 0.15) is 0 Å². The highest BCUT2D eigenvalue weighted by Crippen LogP contribution is 2.29. The van der Waals surface area contributed by atoms with Crippen molar-refractivity contribution >= 4 is 34.4 Å². The first-order chi connectivity index (χ1) is 8.63. The van der Waals surface area contributed by atoms with Gasteiger partial charge in [-0.05, 0) is 24.6 Å². The maximum Gasteiger partial charge on any atom is 0.235 e. The molecule has 18 heavy (non-hydrogen) atoms. The van der Waals surface area contributed by atoms with Crippen molar-refractivity contribution in [1.82, 2.24) is 14.9 Å². The molecule has 1 amide bonds. The molecule has 1 fully saturated rings. The van der Waals surface area contributed by atoms with E-state index in [0.29, 0.717) is 5.69 Å². The first kappa shape index (κ1) is 11.4. The molecular formula is C12H14N4OS. The molecule has 2 aromatic rings. The average Bonchev–Trinajstić information content (AvgIpc) is 2.86. The molecule has 3 N–H and O–H groups in total. The Bertz CT molecular complexity index is 609. The van der Waals surface area contributed by atoms with Gasteiger partial charge in [-0.25, -0.2) is 4.98 Å². The van der Waals surface area contributed by atoms with Crippen LogP contribution in [-0.4, -0.2) is 39.6 Å². The average molecular weight is 262 g/mol. The lowest BCUT2D eigenvalue weighted by atomic mass is 10.3. The Morgan fingerprint density at radius 1 is 1.56 bits per heavy atom. The number of anilines is 1. The van der Waals surface area contributed by atoms with Crippen molar-refractivity contribution in [3.05, 3.63) is 18.2 Å². The molecule has 0 radical (unpaired) electrons. The number of carbonyl (C=O) groups is 1. The number of fused-ring (bicyclic) bond motifs is 1. The fraction of sp³-hybridized carbons (Fsp3) is 0.333. The zero-order valence-corrected chi connectivity index (χ0v) is 10.8. The van der Waals surface area contributed by atoms with Gasteiger partial charge in [0.25, 0.3) is 0 Å². The summed E-state index contributed by atoms with van der Waals surface area (Å²) in [7, 11) is 1.84. The van der Waals surface area contributed by atoms with E-state index in [1.807, 2.05) is 25.2 Å². The molecule has 2 heterocycles. The molecule has 1 aromatic heterocycles. The van der Waals surface area contributed by atoms with Crippen LogP contribution >= 0.6 is 11.8 Å². The van der Waals surface area contributed by atoms with Crippen LogP contribution in [0, 0.1) is 0 Å². The van der Waals surface area contributed by atoms with Crippen molar-refractivity contribution in [2.24, 2.45) is 0 Å². The van der Waals surface area contributed by atoms with E-state index < -0.39 is 0 Å². The molecule has 94 valence electrons. The van der Waals surface area contributed by atoms with Gasteiger partial charge in [-0.3, -0.25) is 4.79 Å². The predicted octanol–water partition coefficient (Wildman–Crippen LogP) is 1.47. The molecule has 0 saturated carbocycles. The Morgan fingerprint density at radius 2 is 2.39 bits per heavy atom. The minimum atomic E-state index is -0.0205. The first-order valence-electron chi connectivity index (χ1n) is 5.80. The molecule has 6 heteroatoms. The van der Waals surface area contributed by atoms with E-state index in [1.165, 1.54) is 11.8 Å². The van der Waals surface area contributed by atoms with Crippen LogP contribution in [0.4, 0.5) is 5.69 Å². The van der Waals surface area contributed by atoms with Crippen molar-refractivity contribution in [3.8, 4) is 0 Å². The van der Waals surface area contributed by atoms with Crippen LogP contribution in [-0.2, 0) is 4.79 Å². The van der Waals surface area contributed by atoms with Crippen molar-refractivity contribution in [3.63, 3.8) is 0 Å². The number of nitrogens with one attached hydrogen (secondary N) is 1. The van der Waals surface area contributed by atoms with Crippen LogP contribution in [0.25, 0.3) is 11.0 Å². The van der Waals surface area contributed by atoms with Crippen molar-refractivity contribution in [1.29, 1.82) is 0 Å². The number of aromatic amines is 1. The van der Waals surface area contributed by atoms with E-state index in [1.54, 1.807) is 4.90 Å². The van der Waals surface area contributed by atoms with E-state index in [9.17, 15) is 4.79 Å². The van der Waals surface area contributed by atoms with Gasteiger partial charge in [0.2, 0.25) is 5.91 Å². The van der Waals surface area contributed by atoms with Gasteiger partial charge >= 0.3 is 0 Å². The van der Waals surface area contributed by atoms with Gasteiger partial charge in [0.15, 0.2) is 5.16 Å². The smallest absolute Gasteiger partial charge is 0.235 e. The van der Waals surface area contributed by atoms with E-state index in [-0.39, 0.29) is 11.2 Å². The number of imidazole rings is 1. The predicted molar refractivity (Wildman–Crippen MR) is 72.4 cm³/mol. The maximum absolute atomic E-state index is 11.8. The van der Waals surface area contributed by atoms with Gasteiger partial charge in [0.05, 0.1) is 16.3 Å². The Morgan fingerprint density at radius 3 is 3.11 bits per heavy atom. The summed E-state index contributed by atoms with van der Waals surface area (Å²) >= 11 is 1.50. The standard InChI is InChI=1S/C12H14N4OS/c1-16-5-4-10(11(16)17)18-12-14-8-3-2-7(13)6-9(8)15-12/h2-3,6,10H,4-5,13H2,1H3,(H,14,15). The summed E-state index contributed by atoms with van der Waals surface area (Å²) in [6.45, 7) is 0.823. The number of carbonyl (C=O) groups excluding carboxylic acids is 1. The summed E-state index contributed by atoms with van der Waals surface area (Å²) in [6, 6.07) is 5.56. The molecule has 1 aliphatic rings. The van der Waals surface area contributed by atoms with Gasteiger partial charge < -0.3 is 15.6 Å². The molecule has 1 unspecified atom stereocenters. The van der Waals surface area contributed by atoms with Crippen LogP contribution in [0.15, 0.2) is 23.4 Å². The van der Waals surface area contributed by atoms with Crippen molar-refractivity contribution in [2.75, 3.05) is 19.3 Å². The highest BCUT2D eigenvalue weighted by atomic mass is 32.2. The van der Waals surface area contributed by atoms with Crippen molar-refractivity contribution < 1.29 is 4.79 Å². The third-order valence-corrected chi connectivity index (χ3v) is 4.25. The molecule has 1 aromatic carbocycles. The lowest BCUT2D eigenvalue weighted by Crippen LogP contribution is -2.23. The number of benzene rings is 1. The summed E-state index contributed by atoms with van der Waals surface area (Å²) < 4.78 is 0. The van der Waals surface area contributed by atoms with Gasteiger partial charge in [-0.15, -0.1) is 0 Å². The second kappa shape index (κ2) is 4.20. The van der Waals surface area contributed by atoms with E-state index in [4.69, 9.17) is 5.73 Å². The number of aromatic nitrogens is 2. The number of hydrogen-bond acceptors (Lipinski definition) is 4. The van der Waals surface area contributed by atoms with Gasteiger partial charge in [-0.2, -0.15) is 0 Å². The number of nitrogen functional groups attached to an aromatic ring is 1. The zero-order chi connectivity index (χ0) is 12.7. The lowest BCUT2D eigenvalue weighted by molar-refractivity contribution is -0.126. The van der Waals surface area contributed by atoms with Crippen LogP contribution in [0.3, 0.4) is 0 Å². The van der Waals surface area contributed by atoms with Crippen molar-refractivity contribution in [2.45, 2.75) is 16.8 Å². The fourth-order valence-corrected chi connectivity index (χ4v) is 3.19. The Balaban J connectivity index is 1.85. The highest BCUT2D eigenvalue weighted by molar-refractivity contribution is 8.00. The van der Waals surface area contributed by atoms with Crippen LogP contribution in [0.2, 0.25) is 0 Å². The number of rotatable bonds is 2. The monoisotopic (exact) mass is 262 g/mol. The third kappa shape index (κ3) is 1.92. The topological polar surface area (TPSA) is 75.0 Å². The molecule has 0 aliphatic carbocycles.